The summed E-state index contributed by atoms with van der Waals surface area (Å²) in [5.41, 5.74) is 1.85. The van der Waals surface area contributed by atoms with Gasteiger partial charge in [-0.25, -0.2) is 9.97 Å². The number of nitrogens with zero attached hydrogens (tertiary/aromatic N) is 3. The van der Waals surface area contributed by atoms with Crippen molar-refractivity contribution in [3.05, 3.63) is 52.5 Å². The van der Waals surface area contributed by atoms with Crippen molar-refractivity contribution in [2.24, 2.45) is 0 Å². The number of aryl methyl sites for hydroxylation is 1. The Kier molecular flexibility index (Phi) is 3.24. The molecule has 0 bridgehead atoms. The summed E-state index contributed by atoms with van der Waals surface area (Å²) < 4.78 is 40.2. The van der Waals surface area contributed by atoms with Crippen LogP contribution in [0.3, 0.4) is 0 Å². The highest BCUT2D eigenvalue weighted by molar-refractivity contribution is 9.10. The number of hydrogen-bond acceptors (Lipinski definition) is 2. The van der Waals surface area contributed by atoms with Gasteiger partial charge in [0.25, 0.3) is 0 Å². The van der Waals surface area contributed by atoms with Crippen molar-refractivity contribution in [2.75, 3.05) is 0 Å². The third kappa shape index (κ3) is 2.65. The van der Waals surface area contributed by atoms with Crippen LogP contribution in [-0.2, 0) is 6.18 Å². The third-order valence-corrected chi connectivity index (χ3v) is 3.40. The van der Waals surface area contributed by atoms with Crippen molar-refractivity contribution < 1.29 is 13.2 Å². The molecule has 0 N–H and O–H groups in total. The number of aromatic nitrogens is 3. The van der Waals surface area contributed by atoms with Crippen LogP contribution >= 0.6 is 15.9 Å². The average molecular weight is 356 g/mol. The lowest BCUT2D eigenvalue weighted by Gasteiger charge is -2.08. The molecule has 2 heterocycles. The first kappa shape index (κ1) is 14.1. The molecule has 0 saturated heterocycles. The Labute approximate surface area is 126 Å². The van der Waals surface area contributed by atoms with Crippen LogP contribution in [-0.4, -0.2) is 14.4 Å². The zero-order valence-electron chi connectivity index (χ0n) is 10.8. The SMILES string of the molecule is Cc1cn2cc(Br)nc(-c3ccc(C(F)(F)F)cc3)c2n1. The third-order valence-electron chi connectivity index (χ3n) is 3.01. The average Bonchev–Trinajstić information content (AvgIpc) is 2.77. The largest absolute Gasteiger partial charge is 0.416 e. The van der Waals surface area contributed by atoms with Crippen LogP contribution in [0.1, 0.15) is 11.3 Å². The summed E-state index contributed by atoms with van der Waals surface area (Å²) in [5.74, 6) is 0. The molecule has 108 valence electrons. The molecular weight excluding hydrogens is 347 g/mol. The molecule has 0 aliphatic rings. The lowest BCUT2D eigenvalue weighted by molar-refractivity contribution is -0.137. The maximum absolute atomic E-state index is 12.6. The highest BCUT2D eigenvalue weighted by Crippen LogP contribution is 2.31. The predicted octanol–water partition coefficient (Wildman–Crippen LogP) is 4.49. The summed E-state index contributed by atoms with van der Waals surface area (Å²) in [6, 6.07) is 4.90. The fourth-order valence-corrected chi connectivity index (χ4v) is 2.50. The first-order chi connectivity index (χ1) is 9.84. The minimum Gasteiger partial charge on any atom is -0.302 e. The molecule has 0 radical (unpaired) electrons. The van der Waals surface area contributed by atoms with E-state index in [0.717, 1.165) is 17.8 Å². The van der Waals surface area contributed by atoms with E-state index < -0.39 is 11.7 Å². The molecule has 0 atom stereocenters. The number of imidazole rings is 1. The molecule has 3 rings (SSSR count). The van der Waals surface area contributed by atoms with Crippen LogP contribution in [0.2, 0.25) is 0 Å². The van der Waals surface area contributed by atoms with Crippen molar-refractivity contribution in [3.8, 4) is 11.3 Å². The van der Waals surface area contributed by atoms with E-state index in [9.17, 15) is 13.2 Å². The predicted molar refractivity (Wildman–Crippen MR) is 75.9 cm³/mol. The van der Waals surface area contributed by atoms with Crippen molar-refractivity contribution in [3.63, 3.8) is 0 Å². The van der Waals surface area contributed by atoms with Crippen LogP contribution < -0.4 is 0 Å². The Morgan fingerprint density at radius 3 is 2.33 bits per heavy atom. The molecule has 0 amide bonds. The number of fused-ring (bicyclic) bond motifs is 1. The molecule has 0 unspecified atom stereocenters. The smallest absolute Gasteiger partial charge is 0.302 e. The molecule has 0 aliphatic heterocycles. The van der Waals surface area contributed by atoms with Crippen molar-refractivity contribution >= 4 is 21.6 Å². The van der Waals surface area contributed by atoms with Gasteiger partial charge in [0.1, 0.15) is 10.3 Å². The summed E-state index contributed by atoms with van der Waals surface area (Å²) in [7, 11) is 0. The Morgan fingerprint density at radius 2 is 1.71 bits per heavy atom. The summed E-state index contributed by atoms with van der Waals surface area (Å²) in [6.45, 7) is 1.84. The van der Waals surface area contributed by atoms with Gasteiger partial charge in [-0.15, -0.1) is 0 Å². The van der Waals surface area contributed by atoms with Gasteiger partial charge in [-0.05, 0) is 35.0 Å². The van der Waals surface area contributed by atoms with E-state index in [2.05, 4.69) is 25.9 Å². The molecule has 1 aromatic carbocycles. The Hall–Kier alpha value is -1.89. The van der Waals surface area contributed by atoms with E-state index in [1.54, 1.807) is 10.6 Å². The molecule has 0 saturated carbocycles. The summed E-state index contributed by atoms with van der Waals surface area (Å²) >= 11 is 3.30. The quantitative estimate of drug-likeness (QED) is 0.643. The standard InChI is InChI=1S/C14H9BrF3N3/c1-8-6-21-7-11(15)20-12(13(21)19-8)9-2-4-10(5-3-9)14(16,17)18/h2-7H,1H3. The lowest BCUT2D eigenvalue weighted by Crippen LogP contribution is -2.04. The Morgan fingerprint density at radius 1 is 1.05 bits per heavy atom. The van der Waals surface area contributed by atoms with E-state index in [1.807, 2.05) is 13.1 Å². The first-order valence-corrected chi connectivity index (χ1v) is 6.83. The van der Waals surface area contributed by atoms with Gasteiger partial charge in [-0.2, -0.15) is 13.2 Å². The van der Waals surface area contributed by atoms with Gasteiger partial charge in [0.05, 0.1) is 11.3 Å². The fourth-order valence-electron chi connectivity index (χ4n) is 2.10. The van der Waals surface area contributed by atoms with Crippen LogP contribution in [0.15, 0.2) is 41.3 Å². The zero-order chi connectivity index (χ0) is 15.2. The monoisotopic (exact) mass is 355 g/mol. The molecule has 3 aromatic rings. The van der Waals surface area contributed by atoms with Gasteiger partial charge in [0, 0.05) is 18.0 Å². The summed E-state index contributed by atoms with van der Waals surface area (Å²) in [6.07, 6.45) is -0.763. The zero-order valence-corrected chi connectivity index (χ0v) is 12.4. The normalized spacial score (nSPS) is 12.0. The molecule has 7 heteroatoms. The topological polar surface area (TPSA) is 30.2 Å². The molecule has 3 nitrogen and oxygen atoms in total. The summed E-state index contributed by atoms with van der Waals surface area (Å²) in [4.78, 5) is 8.69. The molecule has 21 heavy (non-hydrogen) atoms. The molecule has 0 aliphatic carbocycles. The fraction of sp³-hybridized carbons (Fsp3) is 0.143. The van der Waals surface area contributed by atoms with Gasteiger partial charge >= 0.3 is 6.18 Å². The number of rotatable bonds is 1. The molecule has 2 aromatic heterocycles. The minimum atomic E-state index is -4.34. The number of benzene rings is 1. The lowest BCUT2D eigenvalue weighted by atomic mass is 10.1. The molecule has 0 spiro atoms. The van der Waals surface area contributed by atoms with E-state index in [4.69, 9.17) is 0 Å². The van der Waals surface area contributed by atoms with Crippen LogP contribution in [0.5, 0.6) is 0 Å². The summed E-state index contributed by atoms with van der Waals surface area (Å²) in [5, 5.41) is 0. The van der Waals surface area contributed by atoms with Crippen molar-refractivity contribution in [2.45, 2.75) is 13.1 Å². The highest BCUT2D eigenvalue weighted by Gasteiger charge is 2.30. The number of alkyl halides is 3. The van der Waals surface area contributed by atoms with E-state index >= 15 is 0 Å². The molecular formula is C14H9BrF3N3. The second kappa shape index (κ2) is 4.84. The van der Waals surface area contributed by atoms with E-state index in [1.165, 1.54) is 12.1 Å². The van der Waals surface area contributed by atoms with Crippen molar-refractivity contribution in [1.29, 1.82) is 0 Å². The molecule has 0 fully saturated rings. The minimum absolute atomic E-state index is 0.534. The maximum Gasteiger partial charge on any atom is 0.416 e. The van der Waals surface area contributed by atoms with Gasteiger partial charge in [0.15, 0.2) is 5.65 Å². The van der Waals surface area contributed by atoms with Crippen LogP contribution in [0.25, 0.3) is 16.9 Å². The van der Waals surface area contributed by atoms with Gasteiger partial charge in [-0.1, -0.05) is 12.1 Å². The first-order valence-electron chi connectivity index (χ1n) is 6.04. The van der Waals surface area contributed by atoms with Crippen molar-refractivity contribution in [1.82, 2.24) is 14.4 Å². The number of halogens is 4. The Bertz CT molecular complexity index is 807. The number of hydrogen-bond donors (Lipinski definition) is 0. The maximum atomic E-state index is 12.6. The van der Waals surface area contributed by atoms with Crippen LogP contribution in [0.4, 0.5) is 13.2 Å². The van der Waals surface area contributed by atoms with E-state index in [-0.39, 0.29) is 0 Å². The highest BCUT2D eigenvalue weighted by atomic mass is 79.9. The Balaban J connectivity index is 2.16. The second-order valence-corrected chi connectivity index (χ2v) is 5.41. The van der Waals surface area contributed by atoms with Gasteiger partial charge in [-0.3, -0.25) is 0 Å². The van der Waals surface area contributed by atoms with Crippen LogP contribution in [0, 0.1) is 6.92 Å². The van der Waals surface area contributed by atoms with Gasteiger partial charge in [0.2, 0.25) is 0 Å². The second-order valence-electron chi connectivity index (χ2n) is 4.60. The van der Waals surface area contributed by atoms with E-state index in [0.29, 0.717) is 21.5 Å². The van der Waals surface area contributed by atoms with Gasteiger partial charge < -0.3 is 4.40 Å².